The lowest BCUT2D eigenvalue weighted by molar-refractivity contribution is -0.115. The molecule has 1 aliphatic carbocycles. The molecule has 0 aromatic heterocycles. The molecule has 0 amide bonds. The van der Waals surface area contributed by atoms with Gasteiger partial charge in [-0.15, -0.1) is 0 Å². The second kappa shape index (κ2) is 2.74. The quantitative estimate of drug-likeness (QED) is 0.379. The van der Waals surface area contributed by atoms with Crippen LogP contribution >= 0.6 is 0 Å². The molecule has 0 heterocycles. The number of hydrogen-bond donors (Lipinski definition) is 3. The smallest absolute Gasteiger partial charge is 0.169 e. The lowest BCUT2D eigenvalue weighted by Crippen LogP contribution is -2.24. The summed E-state index contributed by atoms with van der Waals surface area (Å²) in [6, 6.07) is 0. The molecular weight excluding hydrogens is 144 g/mol. The molecule has 4 heteroatoms. The van der Waals surface area contributed by atoms with Gasteiger partial charge >= 0.3 is 0 Å². The number of carbonyl (C=O) groups excluding carboxylic acids is 1. The van der Waals surface area contributed by atoms with E-state index >= 15 is 0 Å². The number of ketones is 1. The Morgan fingerprint density at radius 1 is 1.55 bits per heavy atom. The average molecular weight is 154 g/mol. The molecule has 0 bridgehead atoms. The Balaban J connectivity index is 3.01. The van der Waals surface area contributed by atoms with Gasteiger partial charge in [-0.2, -0.15) is 0 Å². The number of hydrogen-bond acceptors (Lipinski definition) is 3. The third kappa shape index (κ3) is 1.39. The topological polar surface area (TPSA) is 87.2 Å². The molecule has 0 aromatic carbocycles. The van der Waals surface area contributed by atoms with Gasteiger partial charge in [-0.1, -0.05) is 0 Å². The van der Waals surface area contributed by atoms with Crippen LogP contribution in [0.3, 0.4) is 0 Å². The summed E-state index contributed by atoms with van der Waals surface area (Å²) >= 11 is 0. The first kappa shape index (κ1) is 7.78. The lowest BCUT2D eigenvalue weighted by Gasteiger charge is -2.12. The second-order valence-corrected chi connectivity index (χ2v) is 2.51. The fourth-order valence-corrected chi connectivity index (χ4v) is 1.13. The van der Waals surface area contributed by atoms with E-state index in [2.05, 4.69) is 0 Å². The summed E-state index contributed by atoms with van der Waals surface area (Å²) in [6.07, 6.45) is 1.50. The van der Waals surface area contributed by atoms with E-state index in [-0.39, 0.29) is 23.0 Å². The number of amidine groups is 1. The standard InChI is InChI=1S/C7H10N2O2/c8-7(9)6-4(10)2-1-3-5(6)11/h10H,1-3H2,(H3,8,9). The van der Waals surface area contributed by atoms with Crippen molar-refractivity contribution in [3.63, 3.8) is 0 Å². The number of carbonyl (C=O) groups is 1. The summed E-state index contributed by atoms with van der Waals surface area (Å²) in [6.45, 7) is 0. The van der Waals surface area contributed by atoms with Gasteiger partial charge in [-0.25, -0.2) is 0 Å². The van der Waals surface area contributed by atoms with Crippen molar-refractivity contribution in [3.8, 4) is 0 Å². The van der Waals surface area contributed by atoms with E-state index < -0.39 is 0 Å². The highest BCUT2D eigenvalue weighted by atomic mass is 16.3. The number of allylic oxidation sites excluding steroid dienone is 1. The minimum atomic E-state index is -0.327. The van der Waals surface area contributed by atoms with Gasteiger partial charge in [0.25, 0.3) is 0 Å². The van der Waals surface area contributed by atoms with Crippen molar-refractivity contribution in [1.82, 2.24) is 0 Å². The third-order valence-corrected chi connectivity index (χ3v) is 1.65. The van der Waals surface area contributed by atoms with E-state index in [1.165, 1.54) is 0 Å². The number of rotatable bonds is 1. The number of nitrogens with one attached hydrogen (secondary N) is 1. The Morgan fingerprint density at radius 2 is 2.18 bits per heavy atom. The first-order valence-electron chi connectivity index (χ1n) is 3.42. The van der Waals surface area contributed by atoms with Crippen LogP contribution in [0.4, 0.5) is 0 Å². The summed E-state index contributed by atoms with van der Waals surface area (Å²) in [5.74, 6) is -0.581. The SMILES string of the molecule is N=C(N)C1=C(O)CCCC1=O. The first-order chi connectivity index (χ1) is 5.13. The number of aliphatic hydroxyl groups is 1. The van der Waals surface area contributed by atoms with Crippen molar-refractivity contribution in [2.75, 3.05) is 0 Å². The van der Waals surface area contributed by atoms with E-state index in [1.54, 1.807) is 0 Å². The van der Waals surface area contributed by atoms with Crippen LogP contribution < -0.4 is 5.73 Å². The van der Waals surface area contributed by atoms with Gasteiger partial charge in [0.2, 0.25) is 0 Å². The van der Waals surface area contributed by atoms with Gasteiger partial charge in [0.1, 0.15) is 11.6 Å². The zero-order valence-corrected chi connectivity index (χ0v) is 6.05. The maximum absolute atomic E-state index is 11.0. The Kier molecular flexibility index (Phi) is 1.94. The van der Waals surface area contributed by atoms with Crippen LogP contribution in [0.15, 0.2) is 11.3 Å². The minimum absolute atomic E-state index is 0.0104. The molecular formula is C7H10N2O2. The highest BCUT2D eigenvalue weighted by Gasteiger charge is 2.21. The molecule has 0 atom stereocenters. The number of Topliss-reactive ketones (excluding diaryl/α,β-unsaturated/α-hetero) is 1. The van der Waals surface area contributed by atoms with E-state index in [9.17, 15) is 4.79 Å². The van der Waals surface area contributed by atoms with Crippen LogP contribution in [0, 0.1) is 5.41 Å². The largest absolute Gasteiger partial charge is 0.511 e. The molecule has 0 saturated heterocycles. The molecule has 11 heavy (non-hydrogen) atoms. The van der Waals surface area contributed by atoms with Gasteiger partial charge in [-0.3, -0.25) is 10.2 Å². The Hall–Kier alpha value is -1.32. The number of aliphatic hydroxyl groups excluding tert-OH is 1. The fourth-order valence-electron chi connectivity index (χ4n) is 1.13. The van der Waals surface area contributed by atoms with Crippen LogP contribution in [-0.4, -0.2) is 16.7 Å². The van der Waals surface area contributed by atoms with Crippen LogP contribution in [0.1, 0.15) is 19.3 Å². The van der Waals surface area contributed by atoms with Crippen molar-refractivity contribution in [2.45, 2.75) is 19.3 Å². The van der Waals surface area contributed by atoms with E-state index in [0.717, 1.165) is 0 Å². The Labute approximate surface area is 64.2 Å². The molecule has 0 aliphatic heterocycles. The summed E-state index contributed by atoms with van der Waals surface area (Å²) in [5, 5.41) is 16.1. The summed E-state index contributed by atoms with van der Waals surface area (Å²) < 4.78 is 0. The van der Waals surface area contributed by atoms with Crippen molar-refractivity contribution < 1.29 is 9.90 Å². The van der Waals surface area contributed by atoms with Gasteiger partial charge in [0.15, 0.2) is 5.78 Å². The Bertz CT molecular complexity index is 243. The zero-order valence-electron chi connectivity index (χ0n) is 6.05. The molecule has 0 unspecified atom stereocenters. The van der Waals surface area contributed by atoms with E-state index in [0.29, 0.717) is 19.3 Å². The molecule has 1 rings (SSSR count). The molecule has 0 radical (unpaired) electrons. The second-order valence-electron chi connectivity index (χ2n) is 2.51. The fraction of sp³-hybridized carbons (Fsp3) is 0.429. The highest BCUT2D eigenvalue weighted by Crippen LogP contribution is 2.19. The van der Waals surface area contributed by atoms with Crippen molar-refractivity contribution >= 4 is 11.6 Å². The van der Waals surface area contributed by atoms with Crippen LogP contribution in [0.2, 0.25) is 0 Å². The molecule has 60 valence electrons. The summed E-state index contributed by atoms with van der Waals surface area (Å²) in [4.78, 5) is 11.0. The van der Waals surface area contributed by atoms with Crippen molar-refractivity contribution in [2.24, 2.45) is 5.73 Å². The summed E-state index contributed by atoms with van der Waals surface area (Å²) in [7, 11) is 0. The van der Waals surface area contributed by atoms with Gasteiger partial charge in [-0.05, 0) is 6.42 Å². The van der Waals surface area contributed by atoms with Crippen LogP contribution in [-0.2, 0) is 4.79 Å². The maximum Gasteiger partial charge on any atom is 0.169 e. The van der Waals surface area contributed by atoms with E-state index in [1.807, 2.05) is 0 Å². The van der Waals surface area contributed by atoms with Gasteiger partial charge in [0, 0.05) is 12.8 Å². The van der Waals surface area contributed by atoms with E-state index in [4.69, 9.17) is 16.2 Å². The average Bonchev–Trinajstić information content (AvgIpc) is 1.85. The molecule has 1 aliphatic rings. The van der Waals surface area contributed by atoms with Gasteiger partial charge in [0.05, 0.1) is 5.57 Å². The van der Waals surface area contributed by atoms with Crippen molar-refractivity contribution in [3.05, 3.63) is 11.3 Å². The predicted octanol–water partition coefficient (Wildman–Crippen LogP) is 0.487. The van der Waals surface area contributed by atoms with Crippen LogP contribution in [0.25, 0.3) is 0 Å². The molecule has 4 nitrogen and oxygen atoms in total. The first-order valence-corrected chi connectivity index (χ1v) is 3.42. The maximum atomic E-state index is 11.0. The molecule has 0 saturated carbocycles. The van der Waals surface area contributed by atoms with Crippen LogP contribution in [0.5, 0.6) is 0 Å². The van der Waals surface area contributed by atoms with Gasteiger partial charge < -0.3 is 10.8 Å². The Morgan fingerprint density at radius 3 is 2.55 bits per heavy atom. The minimum Gasteiger partial charge on any atom is -0.511 e. The van der Waals surface area contributed by atoms with Crippen molar-refractivity contribution in [1.29, 1.82) is 5.41 Å². The third-order valence-electron chi connectivity index (χ3n) is 1.65. The monoisotopic (exact) mass is 154 g/mol. The normalized spacial score (nSPS) is 18.7. The summed E-state index contributed by atoms with van der Waals surface area (Å²) in [5.41, 5.74) is 5.10. The molecule has 0 fully saturated rings. The zero-order chi connectivity index (χ0) is 8.43. The molecule has 0 spiro atoms. The number of nitrogens with two attached hydrogens (primary N) is 1. The highest BCUT2D eigenvalue weighted by molar-refractivity contribution is 6.20. The predicted molar refractivity (Wildman–Crippen MR) is 40.4 cm³/mol. The lowest BCUT2D eigenvalue weighted by atomic mass is 9.96. The molecule has 4 N–H and O–H groups in total. The molecule has 0 aromatic rings.